The molecule has 5 rings (SSSR count). The van der Waals surface area contributed by atoms with E-state index in [-0.39, 0.29) is 28.3 Å². The summed E-state index contributed by atoms with van der Waals surface area (Å²) in [5, 5.41) is 9.15. The molecule has 0 bridgehead atoms. The first-order chi connectivity index (χ1) is 16.4. The van der Waals surface area contributed by atoms with Crippen molar-refractivity contribution in [2.75, 3.05) is 18.0 Å². The number of ether oxygens (including phenoxy) is 1. The Hall–Kier alpha value is -3.44. The third-order valence-corrected chi connectivity index (χ3v) is 6.70. The fourth-order valence-corrected chi connectivity index (χ4v) is 4.49. The van der Waals surface area contributed by atoms with Gasteiger partial charge in [-0.25, -0.2) is 14.4 Å². The molecule has 1 saturated heterocycles. The van der Waals surface area contributed by atoms with Crippen molar-refractivity contribution in [2.24, 2.45) is 5.92 Å². The largest absolute Gasteiger partial charge is 0.488 e. The van der Waals surface area contributed by atoms with E-state index < -0.39 is 11.4 Å². The monoisotopic (exact) mass is 479 g/mol. The number of halogens is 2. The first kappa shape index (κ1) is 22.4. The fourth-order valence-electron chi connectivity index (χ4n) is 4.29. The molecule has 3 heterocycles. The predicted molar refractivity (Wildman–Crippen MR) is 126 cm³/mol. The van der Waals surface area contributed by atoms with Crippen LogP contribution in [0, 0.1) is 23.1 Å². The Bertz CT molecular complexity index is 1320. The third-order valence-electron chi connectivity index (χ3n) is 6.42. The summed E-state index contributed by atoms with van der Waals surface area (Å²) < 4.78 is 21.4. The molecule has 0 spiro atoms. The number of hydrogen-bond acceptors (Lipinski definition) is 6. The molecule has 174 valence electrons. The van der Waals surface area contributed by atoms with Gasteiger partial charge in [0.1, 0.15) is 23.7 Å². The molecule has 2 aliphatic rings. The third kappa shape index (κ3) is 4.48. The van der Waals surface area contributed by atoms with Gasteiger partial charge in [-0.1, -0.05) is 18.5 Å². The summed E-state index contributed by atoms with van der Waals surface area (Å²) >= 11 is 6.43. The van der Waals surface area contributed by atoms with Crippen molar-refractivity contribution in [3.05, 3.63) is 75.2 Å². The predicted octanol–water partition coefficient (Wildman–Crippen LogP) is 4.46. The summed E-state index contributed by atoms with van der Waals surface area (Å²) in [6.45, 7) is 3.55. The average molecular weight is 480 g/mol. The van der Waals surface area contributed by atoms with Crippen molar-refractivity contribution < 1.29 is 9.13 Å². The standard InChI is InChI=1S/C25H23ClFN5O2/c1-15-13-31(25-29-11-18(12-30-25)16-2-3-16)7-6-22(15)34-23-9-24(33)32(14-20(23)26)19-5-4-17(10-28)21(27)8-19/h4-5,8-9,11-12,14-16,22H,2-3,6-7,13H2,1H3. The van der Waals surface area contributed by atoms with Gasteiger partial charge in [-0.3, -0.25) is 9.36 Å². The topological polar surface area (TPSA) is 84.0 Å². The second-order valence-electron chi connectivity index (χ2n) is 8.93. The number of hydrogen-bond donors (Lipinski definition) is 0. The number of nitrogens with zero attached hydrogens (tertiary/aromatic N) is 5. The lowest BCUT2D eigenvalue weighted by atomic mass is 9.96. The Balaban J connectivity index is 1.28. The number of aromatic nitrogens is 3. The molecule has 2 unspecified atom stereocenters. The van der Waals surface area contributed by atoms with Crippen molar-refractivity contribution >= 4 is 17.5 Å². The van der Waals surface area contributed by atoms with Gasteiger partial charge in [-0.2, -0.15) is 5.26 Å². The van der Waals surface area contributed by atoms with Crippen molar-refractivity contribution in [3.8, 4) is 17.5 Å². The van der Waals surface area contributed by atoms with Crippen molar-refractivity contribution in [1.82, 2.24) is 14.5 Å². The van der Waals surface area contributed by atoms with Gasteiger partial charge in [0.15, 0.2) is 0 Å². The second kappa shape index (κ2) is 9.07. The Kier molecular flexibility index (Phi) is 5.96. The fraction of sp³-hybridized carbons (Fsp3) is 0.360. The lowest BCUT2D eigenvalue weighted by molar-refractivity contribution is 0.121. The van der Waals surface area contributed by atoms with Gasteiger partial charge in [0.05, 0.1) is 16.3 Å². The first-order valence-electron chi connectivity index (χ1n) is 11.3. The molecule has 7 nitrogen and oxygen atoms in total. The first-order valence-corrected chi connectivity index (χ1v) is 11.7. The Labute approximate surface area is 201 Å². The molecule has 2 atom stereocenters. The van der Waals surface area contributed by atoms with E-state index in [4.69, 9.17) is 21.6 Å². The molecule has 0 radical (unpaired) electrons. The Morgan fingerprint density at radius 3 is 2.62 bits per heavy atom. The molecule has 1 aromatic carbocycles. The second-order valence-corrected chi connectivity index (χ2v) is 9.34. The van der Waals surface area contributed by atoms with Crippen molar-refractivity contribution in [1.29, 1.82) is 5.26 Å². The van der Waals surface area contributed by atoms with Gasteiger partial charge >= 0.3 is 0 Å². The zero-order valence-corrected chi connectivity index (χ0v) is 19.4. The molecule has 34 heavy (non-hydrogen) atoms. The summed E-state index contributed by atoms with van der Waals surface area (Å²) in [4.78, 5) is 24.0. The van der Waals surface area contributed by atoms with E-state index in [1.807, 2.05) is 12.4 Å². The zero-order valence-electron chi connectivity index (χ0n) is 18.6. The summed E-state index contributed by atoms with van der Waals surface area (Å²) in [5.41, 5.74) is 0.998. The SMILES string of the molecule is CC1CN(c2ncc(C3CC3)cn2)CCC1Oc1cc(=O)n(-c2ccc(C#N)c(F)c2)cc1Cl. The molecule has 0 amide bonds. The van der Waals surface area contributed by atoms with Crippen LogP contribution in [-0.4, -0.2) is 33.7 Å². The Morgan fingerprint density at radius 1 is 1.21 bits per heavy atom. The minimum Gasteiger partial charge on any atom is -0.488 e. The zero-order chi connectivity index (χ0) is 23.8. The van der Waals surface area contributed by atoms with Gasteiger partial charge in [-0.15, -0.1) is 0 Å². The van der Waals surface area contributed by atoms with E-state index in [1.165, 1.54) is 47.4 Å². The van der Waals surface area contributed by atoms with E-state index in [1.54, 1.807) is 6.07 Å². The maximum Gasteiger partial charge on any atom is 0.258 e. The highest BCUT2D eigenvalue weighted by atomic mass is 35.5. The van der Waals surface area contributed by atoms with Crippen LogP contribution in [0.3, 0.4) is 0 Å². The molecule has 9 heteroatoms. The minimum atomic E-state index is -0.699. The molecular formula is C25H23ClFN5O2. The molecule has 0 N–H and O–H groups in total. The van der Waals surface area contributed by atoms with E-state index in [0.717, 1.165) is 31.5 Å². The summed E-state index contributed by atoms with van der Waals surface area (Å²) in [7, 11) is 0. The van der Waals surface area contributed by atoms with Crippen molar-refractivity contribution in [2.45, 2.75) is 38.2 Å². The van der Waals surface area contributed by atoms with Crippen LogP contribution in [-0.2, 0) is 0 Å². The smallest absolute Gasteiger partial charge is 0.258 e. The maximum absolute atomic E-state index is 14.0. The van der Waals surface area contributed by atoms with Gasteiger partial charge in [0, 0.05) is 50.1 Å². The van der Waals surface area contributed by atoms with E-state index >= 15 is 0 Å². The number of rotatable bonds is 5. The van der Waals surface area contributed by atoms with Crippen LogP contribution in [0.5, 0.6) is 5.75 Å². The number of benzene rings is 1. The number of piperidine rings is 1. The summed E-state index contributed by atoms with van der Waals surface area (Å²) in [5.74, 6) is 1.11. The van der Waals surface area contributed by atoms with Crippen LogP contribution in [0.15, 0.2) is 47.7 Å². The normalized spacial score (nSPS) is 20.1. The average Bonchev–Trinajstić information content (AvgIpc) is 3.68. The lowest BCUT2D eigenvalue weighted by Gasteiger charge is -2.37. The van der Waals surface area contributed by atoms with E-state index in [2.05, 4.69) is 21.8 Å². The molecule has 2 fully saturated rings. The lowest BCUT2D eigenvalue weighted by Crippen LogP contribution is -2.45. The van der Waals surface area contributed by atoms with Crippen LogP contribution in [0.4, 0.5) is 10.3 Å². The molecule has 1 saturated carbocycles. The number of pyridine rings is 1. The molecule has 2 aromatic heterocycles. The van der Waals surface area contributed by atoms with E-state index in [9.17, 15) is 9.18 Å². The summed E-state index contributed by atoms with van der Waals surface area (Å²) in [6.07, 6.45) is 8.33. The van der Waals surface area contributed by atoms with E-state index in [0.29, 0.717) is 11.7 Å². The quantitative estimate of drug-likeness (QED) is 0.537. The highest BCUT2D eigenvalue weighted by molar-refractivity contribution is 6.31. The molecule has 3 aromatic rings. The van der Waals surface area contributed by atoms with Gasteiger partial charge < -0.3 is 9.64 Å². The maximum atomic E-state index is 14.0. The molecular weight excluding hydrogens is 457 g/mol. The van der Waals surface area contributed by atoms with Crippen molar-refractivity contribution in [3.63, 3.8) is 0 Å². The molecule has 1 aliphatic carbocycles. The molecule has 1 aliphatic heterocycles. The van der Waals surface area contributed by atoms with Crippen LogP contribution in [0.2, 0.25) is 5.02 Å². The van der Waals surface area contributed by atoms with Gasteiger partial charge in [-0.05, 0) is 42.5 Å². The Morgan fingerprint density at radius 2 is 1.97 bits per heavy atom. The number of nitriles is 1. The van der Waals surface area contributed by atoms with Crippen LogP contribution < -0.4 is 15.2 Å². The minimum absolute atomic E-state index is 0.0903. The van der Waals surface area contributed by atoms with Crippen LogP contribution >= 0.6 is 11.6 Å². The highest BCUT2D eigenvalue weighted by Gasteiger charge is 2.30. The summed E-state index contributed by atoms with van der Waals surface area (Å²) in [6, 6.07) is 7.04. The number of anilines is 1. The highest BCUT2D eigenvalue weighted by Crippen LogP contribution is 2.39. The van der Waals surface area contributed by atoms with Gasteiger partial charge in [0.25, 0.3) is 5.56 Å². The van der Waals surface area contributed by atoms with Gasteiger partial charge in [0.2, 0.25) is 5.95 Å². The van der Waals surface area contributed by atoms with Crippen LogP contribution in [0.1, 0.15) is 43.2 Å². The van der Waals surface area contributed by atoms with Crippen LogP contribution in [0.25, 0.3) is 5.69 Å².